The molecule has 184 valence electrons. The van der Waals surface area contributed by atoms with Crippen molar-refractivity contribution in [1.82, 2.24) is 4.90 Å². The lowest BCUT2D eigenvalue weighted by Crippen LogP contribution is -2.38. The quantitative estimate of drug-likeness (QED) is 0.443. The van der Waals surface area contributed by atoms with Crippen molar-refractivity contribution < 1.29 is 18.0 Å². The molecular weight excluding hydrogens is 462 g/mol. The van der Waals surface area contributed by atoms with Crippen molar-refractivity contribution in [3.63, 3.8) is 0 Å². The summed E-state index contributed by atoms with van der Waals surface area (Å²) < 4.78 is 28.2. The van der Waals surface area contributed by atoms with Crippen LogP contribution < -0.4 is 10.0 Å². The highest BCUT2D eigenvalue weighted by Crippen LogP contribution is 2.20. The van der Waals surface area contributed by atoms with Gasteiger partial charge in [0.15, 0.2) is 0 Å². The number of nitrogens with zero attached hydrogens (tertiary/aromatic N) is 1. The Bertz CT molecular complexity index is 1320. The molecule has 7 nitrogen and oxygen atoms in total. The van der Waals surface area contributed by atoms with Crippen LogP contribution in [0.2, 0.25) is 0 Å². The highest BCUT2D eigenvalue weighted by molar-refractivity contribution is 7.92. The molecule has 0 radical (unpaired) electrons. The van der Waals surface area contributed by atoms with Crippen molar-refractivity contribution in [1.29, 1.82) is 0 Å². The van der Waals surface area contributed by atoms with Crippen molar-refractivity contribution in [2.75, 3.05) is 23.1 Å². The number of para-hydroxylation sites is 1. The van der Waals surface area contributed by atoms with E-state index in [1.54, 1.807) is 12.1 Å². The molecule has 0 atom stereocenters. The van der Waals surface area contributed by atoms with Crippen molar-refractivity contribution in [3.05, 3.63) is 89.0 Å². The largest absolute Gasteiger partial charge is 0.329 e. The van der Waals surface area contributed by atoms with Crippen LogP contribution in [0.1, 0.15) is 40.4 Å². The average Bonchev–Trinajstić information content (AvgIpc) is 2.82. The number of amides is 2. The Morgan fingerprint density at radius 2 is 1.54 bits per heavy atom. The molecular formula is C27H31N3O4S. The first-order chi connectivity index (χ1) is 16.6. The zero-order valence-electron chi connectivity index (χ0n) is 20.5. The van der Waals surface area contributed by atoms with Gasteiger partial charge in [-0.3, -0.25) is 14.3 Å². The molecule has 0 fully saturated rings. The van der Waals surface area contributed by atoms with Crippen LogP contribution in [-0.2, 0) is 14.8 Å². The number of carbonyl (C=O) groups is 2. The maximum Gasteiger partial charge on any atom is 0.261 e. The highest BCUT2D eigenvalue weighted by Gasteiger charge is 2.20. The minimum absolute atomic E-state index is 0.0478. The summed E-state index contributed by atoms with van der Waals surface area (Å²) in [6, 6.07) is 18.5. The Balaban J connectivity index is 1.71. The van der Waals surface area contributed by atoms with E-state index in [1.807, 2.05) is 58.0 Å². The van der Waals surface area contributed by atoms with Gasteiger partial charge in [-0.05, 0) is 86.3 Å². The van der Waals surface area contributed by atoms with Crippen molar-refractivity contribution in [2.45, 2.75) is 39.0 Å². The summed E-state index contributed by atoms with van der Waals surface area (Å²) >= 11 is 0. The normalized spacial score (nSPS) is 11.1. The van der Waals surface area contributed by atoms with Crippen LogP contribution in [0.4, 0.5) is 11.4 Å². The Hall–Kier alpha value is -3.65. The summed E-state index contributed by atoms with van der Waals surface area (Å²) in [6.07, 6.45) is 0.676. The molecule has 2 N–H and O–H groups in total. The number of sulfonamides is 1. The first-order valence-electron chi connectivity index (χ1n) is 11.5. The van der Waals surface area contributed by atoms with Crippen LogP contribution in [0.5, 0.6) is 0 Å². The van der Waals surface area contributed by atoms with Gasteiger partial charge in [-0.25, -0.2) is 8.42 Å². The van der Waals surface area contributed by atoms with E-state index in [0.717, 1.165) is 16.7 Å². The predicted molar refractivity (Wildman–Crippen MR) is 139 cm³/mol. The lowest BCUT2D eigenvalue weighted by molar-refractivity contribution is -0.116. The van der Waals surface area contributed by atoms with Gasteiger partial charge in [0.2, 0.25) is 5.91 Å². The topological polar surface area (TPSA) is 95.6 Å². The Morgan fingerprint density at radius 1 is 0.857 bits per heavy atom. The maximum absolute atomic E-state index is 13.1. The van der Waals surface area contributed by atoms with Gasteiger partial charge in [-0.1, -0.05) is 31.2 Å². The molecule has 35 heavy (non-hydrogen) atoms. The number of hydrogen-bond donors (Lipinski definition) is 2. The highest BCUT2D eigenvalue weighted by atomic mass is 32.2. The van der Waals surface area contributed by atoms with Crippen LogP contribution in [0.25, 0.3) is 0 Å². The van der Waals surface area contributed by atoms with E-state index in [2.05, 4.69) is 10.0 Å². The molecule has 0 aliphatic heterocycles. The number of benzene rings is 3. The molecule has 8 heteroatoms. The average molecular weight is 494 g/mol. The van der Waals surface area contributed by atoms with E-state index in [9.17, 15) is 18.0 Å². The van der Waals surface area contributed by atoms with E-state index in [-0.39, 0.29) is 23.3 Å². The summed E-state index contributed by atoms with van der Waals surface area (Å²) in [4.78, 5) is 27.2. The number of rotatable bonds is 9. The maximum atomic E-state index is 13.1. The minimum atomic E-state index is -3.81. The van der Waals surface area contributed by atoms with Gasteiger partial charge in [0.1, 0.15) is 6.54 Å². The van der Waals surface area contributed by atoms with Gasteiger partial charge in [-0.2, -0.15) is 0 Å². The first-order valence-corrected chi connectivity index (χ1v) is 12.9. The third kappa shape index (κ3) is 6.70. The summed E-state index contributed by atoms with van der Waals surface area (Å²) in [7, 11) is -3.81. The second kappa shape index (κ2) is 11.2. The van der Waals surface area contributed by atoms with E-state index in [0.29, 0.717) is 29.9 Å². The van der Waals surface area contributed by atoms with Crippen LogP contribution in [-0.4, -0.2) is 38.2 Å². The van der Waals surface area contributed by atoms with Crippen molar-refractivity contribution in [3.8, 4) is 0 Å². The summed E-state index contributed by atoms with van der Waals surface area (Å²) in [5.74, 6) is -0.629. The summed E-state index contributed by atoms with van der Waals surface area (Å²) in [5, 5.41) is 2.84. The molecule has 0 saturated carbocycles. The number of hydrogen-bond acceptors (Lipinski definition) is 4. The number of aryl methyl sites for hydroxylation is 3. The molecule has 2 amide bonds. The molecule has 0 bridgehead atoms. The molecule has 3 aromatic carbocycles. The lowest BCUT2D eigenvalue weighted by atomic mass is 10.1. The molecule has 3 rings (SSSR count). The molecule has 0 spiro atoms. The molecule has 0 aliphatic carbocycles. The van der Waals surface area contributed by atoms with Gasteiger partial charge in [0.25, 0.3) is 15.9 Å². The van der Waals surface area contributed by atoms with Crippen molar-refractivity contribution in [2.24, 2.45) is 0 Å². The predicted octanol–water partition coefficient (Wildman–Crippen LogP) is 4.90. The van der Waals surface area contributed by atoms with E-state index in [1.165, 1.54) is 29.2 Å². The third-order valence-electron chi connectivity index (χ3n) is 5.71. The van der Waals surface area contributed by atoms with E-state index < -0.39 is 10.0 Å². The number of nitrogens with one attached hydrogen (secondary N) is 2. The van der Waals surface area contributed by atoms with Crippen LogP contribution >= 0.6 is 0 Å². The van der Waals surface area contributed by atoms with E-state index in [4.69, 9.17) is 0 Å². The molecule has 0 saturated heterocycles. The Labute approximate surface area is 207 Å². The fraction of sp³-hybridized carbons (Fsp3) is 0.259. The summed E-state index contributed by atoms with van der Waals surface area (Å²) in [6.45, 7) is 7.99. The third-order valence-corrected chi connectivity index (χ3v) is 7.10. The van der Waals surface area contributed by atoms with Gasteiger partial charge < -0.3 is 10.2 Å². The zero-order valence-corrected chi connectivity index (χ0v) is 21.3. The molecule has 0 aliphatic rings. The van der Waals surface area contributed by atoms with Crippen LogP contribution in [0.3, 0.4) is 0 Å². The van der Waals surface area contributed by atoms with Crippen molar-refractivity contribution >= 4 is 33.2 Å². The number of anilines is 2. The van der Waals surface area contributed by atoms with Gasteiger partial charge in [0.05, 0.1) is 4.90 Å². The van der Waals surface area contributed by atoms with Gasteiger partial charge >= 0.3 is 0 Å². The number of carbonyl (C=O) groups excluding carboxylic acids is 2. The first kappa shape index (κ1) is 26.0. The monoisotopic (exact) mass is 493 g/mol. The molecule has 3 aromatic rings. The Morgan fingerprint density at radius 3 is 2.17 bits per heavy atom. The van der Waals surface area contributed by atoms with Gasteiger partial charge in [-0.15, -0.1) is 0 Å². The Kier molecular flexibility index (Phi) is 8.30. The summed E-state index contributed by atoms with van der Waals surface area (Å²) in [5.41, 5.74) is 4.47. The van der Waals surface area contributed by atoms with Crippen LogP contribution in [0.15, 0.2) is 71.6 Å². The molecule has 0 heterocycles. The lowest BCUT2D eigenvalue weighted by Gasteiger charge is -2.22. The van der Waals surface area contributed by atoms with Crippen LogP contribution in [0, 0.1) is 20.8 Å². The van der Waals surface area contributed by atoms with E-state index >= 15 is 0 Å². The minimum Gasteiger partial charge on any atom is -0.329 e. The molecule has 0 unspecified atom stereocenters. The fourth-order valence-electron chi connectivity index (χ4n) is 3.58. The second-order valence-electron chi connectivity index (χ2n) is 8.52. The standard InChI is InChI=1S/C27H31N3O4S/c1-5-16-30(18-26(31)28-25-9-7-6-8-20(25)3)27(32)22-11-14-24(15-12-22)35(33,34)29-23-13-10-19(2)21(4)17-23/h6-15,17,29H,5,16,18H2,1-4H3,(H,28,31). The smallest absolute Gasteiger partial charge is 0.261 e. The fourth-order valence-corrected chi connectivity index (χ4v) is 4.63. The molecule has 0 aromatic heterocycles. The zero-order chi connectivity index (χ0) is 25.6. The second-order valence-corrected chi connectivity index (χ2v) is 10.2. The SMILES string of the molecule is CCCN(CC(=O)Nc1ccccc1C)C(=O)c1ccc(S(=O)(=O)Nc2ccc(C)c(C)c2)cc1. The van der Waals surface area contributed by atoms with Gasteiger partial charge in [0, 0.05) is 23.5 Å².